The van der Waals surface area contributed by atoms with E-state index in [0.717, 1.165) is 0 Å². The van der Waals surface area contributed by atoms with Crippen LogP contribution in [-0.2, 0) is 27.4 Å². The van der Waals surface area contributed by atoms with Crippen molar-refractivity contribution >= 4 is 11.9 Å². The monoisotopic (exact) mass is 309 g/mol. The molecule has 2 N–H and O–H groups in total. The van der Waals surface area contributed by atoms with E-state index in [1.807, 2.05) is 0 Å². The number of benzene rings is 1. The fraction of sp³-hybridized carbons (Fsp3) is 0.467. The van der Waals surface area contributed by atoms with E-state index >= 15 is 0 Å². The van der Waals surface area contributed by atoms with E-state index in [2.05, 4.69) is 5.32 Å². The molecule has 22 heavy (non-hydrogen) atoms. The van der Waals surface area contributed by atoms with Gasteiger partial charge in [0.25, 0.3) is 0 Å². The van der Waals surface area contributed by atoms with Crippen molar-refractivity contribution in [2.24, 2.45) is 11.8 Å². The SMILES string of the molecule is O=C(O)C1CC1C(=O)NCCc1cc(F)cc2c1OCOC2. The van der Waals surface area contributed by atoms with E-state index in [1.54, 1.807) is 0 Å². The third-order valence-electron chi connectivity index (χ3n) is 3.89. The first-order valence-electron chi connectivity index (χ1n) is 7.08. The maximum atomic E-state index is 13.6. The molecule has 1 amide bonds. The van der Waals surface area contributed by atoms with Gasteiger partial charge in [-0.25, -0.2) is 4.39 Å². The maximum Gasteiger partial charge on any atom is 0.307 e. The Morgan fingerprint density at radius 3 is 2.91 bits per heavy atom. The Kier molecular flexibility index (Phi) is 3.98. The number of ether oxygens (including phenoxy) is 2. The van der Waals surface area contributed by atoms with Crippen LogP contribution in [0.25, 0.3) is 0 Å². The first-order valence-corrected chi connectivity index (χ1v) is 7.08. The van der Waals surface area contributed by atoms with Crippen molar-refractivity contribution in [3.63, 3.8) is 0 Å². The van der Waals surface area contributed by atoms with E-state index in [0.29, 0.717) is 42.9 Å². The summed E-state index contributed by atoms with van der Waals surface area (Å²) < 4.78 is 24.1. The third-order valence-corrected chi connectivity index (χ3v) is 3.89. The number of carbonyl (C=O) groups is 2. The van der Waals surface area contributed by atoms with Gasteiger partial charge in [-0.3, -0.25) is 9.59 Å². The first kappa shape index (κ1) is 14.8. The highest BCUT2D eigenvalue weighted by molar-refractivity contribution is 5.89. The summed E-state index contributed by atoms with van der Waals surface area (Å²) >= 11 is 0. The molecule has 2 atom stereocenters. The number of carboxylic acid groups (broad SMARTS) is 1. The number of aliphatic carboxylic acids is 1. The fourth-order valence-corrected chi connectivity index (χ4v) is 2.65. The van der Waals surface area contributed by atoms with Gasteiger partial charge < -0.3 is 19.9 Å². The molecule has 0 radical (unpaired) electrons. The van der Waals surface area contributed by atoms with Gasteiger partial charge in [0, 0.05) is 12.1 Å². The molecule has 6 nitrogen and oxygen atoms in total. The van der Waals surface area contributed by atoms with E-state index in [4.69, 9.17) is 14.6 Å². The molecule has 1 heterocycles. The zero-order valence-corrected chi connectivity index (χ0v) is 11.8. The summed E-state index contributed by atoms with van der Waals surface area (Å²) in [6.07, 6.45) is 0.799. The number of halogens is 1. The van der Waals surface area contributed by atoms with Crippen molar-refractivity contribution in [3.8, 4) is 5.75 Å². The minimum Gasteiger partial charge on any atom is -0.481 e. The molecule has 1 aliphatic heterocycles. The van der Waals surface area contributed by atoms with Gasteiger partial charge in [-0.05, 0) is 30.5 Å². The van der Waals surface area contributed by atoms with Gasteiger partial charge in [0.1, 0.15) is 11.6 Å². The maximum absolute atomic E-state index is 13.6. The topological polar surface area (TPSA) is 84.9 Å². The van der Waals surface area contributed by atoms with E-state index in [1.165, 1.54) is 12.1 Å². The molecule has 0 spiro atoms. The molecule has 1 aromatic rings. The molecule has 0 bridgehead atoms. The normalized spacial score (nSPS) is 22.4. The van der Waals surface area contributed by atoms with Gasteiger partial charge in [-0.15, -0.1) is 0 Å². The Morgan fingerprint density at radius 2 is 2.18 bits per heavy atom. The predicted molar refractivity (Wildman–Crippen MR) is 72.6 cm³/mol. The molecular formula is C15H16FNO5. The fourth-order valence-electron chi connectivity index (χ4n) is 2.65. The van der Waals surface area contributed by atoms with Gasteiger partial charge in [0.2, 0.25) is 5.91 Å². The molecule has 0 aromatic heterocycles. The lowest BCUT2D eigenvalue weighted by Gasteiger charge is -2.21. The number of rotatable bonds is 5. The van der Waals surface area contributed by atoms with Crippen molar-refractivity contribution in [3.05, 3.63) is 29.1 Å². The summed E-state index contributed by atoms with van der Waals surface area (Å²) in [4.78, 5) is 22.5. The van der Waals surface area contributed by atoms with E-state index in [-0.39, 0.29) is 18.5 Å². The van der Waals surface area contributed by atoms with Crippen LogP contribution >= 0.6 is 0 Å². The quantitative estimate of drug-likeness (QED) is 0.850. The van der Waals surface area contributed by atoms with Crippen LogP contribution in [0.5, 0.6) is 5.75 Å². The van der Waals surface area contributed by atoms with Crippen LogP contribution in [0.15, 0.2) is 12.1 Å². The lowest BCUT2D eigenvalue weighted by Crippen LogP contribution is -2.28. The van der Waals surface area contributed by atoms with Crippen LogP contribution in [-0.4, -0.2) is 30.3 Å². The average molecular weight is 309 g/mol. The van der Waals surface area contributed by atoms with Crippen LogP contribution in [0.2, 0.25) is 0 Å². The van der Waals surface area contributed by atoms with Gasteiger partial charge >= 0.3 is 5.97 Å². The van der Waals surface area contributed by atoms with Crippen molar-refractivity contribution in [1.82, 2.24) is 5.32 Å². The van der Waals surface area contributed by atoms with Crippen LogP contribution in [0, 0.1) is 17.7 Å². The minimum atomic E-state index is -0.937. The third kappa shape index (κ3) is 3.04. The lowest BCUT2D eigenvalue weighted by molar-refractivity contribution is -0.140. The number of hydrogen-bond donors (Lipinski definition) is 2. The Balaban J connectivity index is 1.57. The second kappa shape index (κ2) is 5.92. The zero-order valence-electron chi connectivity index (χ0n) is 11.8. The molecule has 2 aliphatic rings. The molecule has 3 rings (SSSR count). The Hall–Kier alpha value is -2.15. The molecule has 0 saturated heterocycles. The Morgan fingerprint density at radius 1 is 1.36 bits per heavy atom. The summed E-state index contributed by atoms with van der Waals surface area (Å²) in [5, 5.41) is 11.5. The second-order valence-electron chi connectivity index (χ2n) is 5.49. The number of hydrogen-bond acceptors (Lipinski definition) is 4. The number of carbonyl (C=O) groups excluding carboxylic acids is 1. The molecule has 1 saturated carbocycles. The van der Waals surface area contributed by atoms with Crippen molar-refractivity contribution in [2.45, 2.75) is 19.4 Å². The number of amides is 1. The van der Waals surface area contributed by atoms with Crippen LogP contribution < -0.4 is 10.1 Å². The smallest absolute Gasteiger partial charge is 0.307 e. The summed E-state index contributed by atoms with van der Waals surface area (Å²) in [5.41, 5.74) is 1.32. The van der Waals surface area contributed by atoms with Crippen molar-refractivity contribution in [1.29, 1.82) is 0 Å². The van der Waals surface area contributed by atoms with Crippen LogP contribution in [0.4, 0.5) is 4.39 Å². The van der Waals surface area contributed by atoms with Crippen molar-refractivity contribution < 1.29 is 28.6 Å². The standard InChI is InChI=1S/C15H16FNO5/c16-10-3-8(13-9(4-10)6-21-7-22-13)1-2-17-14(18)11-5-12(11)15(19)20/h3-4,11-12H,1-2,5-7H2,(H,17,18)(H,19,20). The second-order valence-corrected chi connectivity index (χ2v) is 5.49. The summed E-state index contributed by atoms with van der Waals surface area (Å²) in [6.45, 7) is 0.733. The minimum absolute atomic E-state index is 0.125. The van der Waals surface area contributed by atoms with E-state index in [9.17, 15) is 14.0 Å². The molecular weight excluding hydrogens is 293 g/mol. The highest BCUT2D eigenvalue weighted by atomic mass is 19.1. The first-order chi connectivity index (χ1) is 10.6. The molecule has 2 unspecified atom stereocenters. The largest absolute Gasteiger partial charge is 0.481 e. The molecule has 7 heteroatoms. The summed E-state index contributed by atoms with van der Waals surface area (Å²) in [5.74, 6) is -1.97. The summed E-state index contributed by atoms with van der Waals surface area (Å²) in [6, 6.07) is 2.76. The van der Waals surface area contributed by atoms with Gasteiger partial charge in [-0.2, -0.15) is 0 Å². The van der Waals surface area contributed by atoms with Crippen molar-refractivity contribution in [2.75, 3.05) is 13.3 Å². The highest BCUT2D eigenvalue weighted by Gasteiger charge is 2.48. The Labute approximate surface area is 126 Å². The van der Waals surface area contributed by atoms with Crippen LogP contribution in [0.1, 0.15) is 17.5 Å². The predicted octanol–water partition coefficient (Wildman–Crippen LogP) is 1.07. The number of nitrogens with one attached hydrogen (secondary N) is 1. The zero-order chi connectivity index (χ0) is 15.7. The van der Waals surface area contributed by atoms with Crippen LogP contribution in [0.3, 0.4) is 0 Å². The Bertz CT molecular complexity index is 618. The summed E-state index contributed by atoms with van der Waals surface area (Å²) in [7, 11) is 0. The lowest BCUT2D eigenvalue weighted by atomic mass is 10.1. The number of fused-ring (bicyclic) bond motifs is 1. The average Bonchev–Trinajstić information content (AvgIpc) is 3.27. The number of carboxylic acids is 1. The van der Waals surface area contributed by atoms with Gasteiger partial charge in [-0.1, -0.05) is 0 Å². The van der Waals surface area contributed by atoms with E-state index < -0.39 is 17.8 Å². The molecule has 118 valence electrons. The highest BCUT2D eigenvalue weighted by Crippen LogP contribution is 2.38. The molecule has 1 aliphatic carbocycles. The van der Waals surface area contributed by atoms with Gasteiger partial charge in [0.15, 0.2) is 6.79 Å². The molecule has 1 aromatic carbocycles. The molecule has 1 fully saturated rings. The van der Waals surface area contributed by atoms with Gasteiger partial charge in [0.05, 0.1) is 18.4 Å².